The molecule has 2 atom stereocenters. The lowest BCUT2D eigenvalue weighted by Gasteiger charge is -2.23. The Kier molecular flexibility index (Phi) is 6.70. The quantitative estimate of drug-likeness (QED) is 0.476. The van der Waals surface area contributed by atoms with Crippen molar-refractivity contribution < 1.29 is 9.59 Å². The zero-order valence-corrected chi connectivity index (χ0v) is 20.6. The average molecular weight is 503 g/mol. The molecule has 0 radical (unpaired) electrons. The topological polar surface area (TPSA) is 74.1 Å². The van der Waals surface area contributed by atoms with Crippen molar-refractivity contribution in [2.45, 2.75) is 31.1 Å². The van der Waals surface area contributed by atoms with Gasteiger partial charge in [0.05, 0.1) is 22.5 Å². The summed E-state index contributed by atoms with van der Waals surface area (Å²) in [4.78, 5) is 29.7. The first kappa shape index (κ1) is 23.3. The van der Waals surface area contributed by atoms with Gasteiger partial charge in [0.25, 0.3) is 5.91 Å². The maximum Gasteiger partial charge on any atom is 0.262 e. The fourth-order valence-electron chi connectivity index (χ4n) is 4.08. The molecule has 0 spiro atoms. The highest BCUT2D eigenvalue weighted by Crippen LogP contribution is 2.38. The van der Waals surface area contributed by atoms with Crippen LogP contribution in [0, 0.1) is 6.92 Å². The normalized spacial score (nSPS) is 19.5. The first-order valence-corrected chi connectivity index (χ1v) is 12.6. The Morgan fingerprint density at radius 1 is 1.06 bits per heavy atom. The summed E-state index contributed by atoms with van der Waals surface area (Å²) in [6, 6.07) is 25.3. The van der Waals surface area contributed by atoms with Crippen LogP contribution in [0.5, 0.6) is 0 Å². The molecule has 2 heterocycles. The number of aryl methyl sites for hydroxylation is 1. The zero-order valence-electron chi connectivity index (χ0n) is 19.0. The van der Waals surface area contributed by atoms with Crippen molar-refractivity contribution in [1.29, 1.82) is 0 Å². The number of para-hydroxylation sites is 1. The molecular weight excluding hydrogens is 480 g/mol. The van der Waals surface area contributed by atoms with Crippen LogP contribution >= 0.6 is 23.4 Å². The summed E-state index contributed by atoms with van der Waals surface area (Å²) in [6.45, 7) is 2.05. The second-order valence-corrected chi connectivity index (χ2v) is 10.0. The Morgan fingerprint density at radius 2 is 1.77 bits per heavy atom. The van der Waals surface area contributed by atoms with Crippen LogP contribution in [0.1, 0.15) is 35.6 Å². The molecule has 2 aliphatic heterocycles. The van der Waals surface area contributed by atoms with Gasteiger partial charge < -0.3 is 5.32 Å². The first-order chi connectivity index (χ1) is 17.0. The van der Waals surface area contributed by atoms with Crippen LogP contribution in [0.4, 0.5) is 5.69 Å². The van der Waals surface area contributed by atoms with Crippen LogP contribution in [0.2, 0.25) is 5.02 Å². The maximum absolute atomic E-state index is 12.7. The molecule has 0 bridgehead atoms. The average Bonchev–Trinajstić information content (AvgIpc) is 3.46. The summed E-state index contributed by atoms with van der Waals surface area (Å²) < 4.78 is 0. The highest BCUT2D eigenvalue weighted by atomic mass is 35.5. The molecule has 8 heteroatoms. The smallest absolute Gasteiger partial charge is 0.262 e. The van der Waals surface area contributed by atoms with E-state index in [1.807, 2.05) is 35.3 Å². The predicted octanol–water partition coefficient (Wildman–Crippen LogP) is 5.83. The van der Waals surface area contributed by atoms with Crippen molar-refractivity contribution in [3.63, 3.8) is 0 Å². The Labute approximate surface area is 213 Å². The number of hydrazone groups is 1. The number of hydrogen-bond donors (Lipinski definition) is 1. The minimum Gasteiger partial charge on any atom is -0.325 e. The molecular formula is C27H23ClN4O2S. The summed E-state index contributed by atoms with van der Waals surface area (Å²) in [5.41, 5.74) is 4.77. The van der Waals surface area contributed by atoms with Crippen molar-refractivity contribution in [3.05, 3.63) is 101 Å². The van der Waals surface area contributed by atoms with Crippen LogP contribution in [-0.2, 0) is 9.59 Å². The third-order valence-corrected chi connectivity index (χ3v) is 7.39. The molecule has 0 fully saturated rings. The van der Waals surface area contributed by atoms with E-state index in [9.17, 15) is 9.59 Å². The van der Waals surface area contributed by atoms with Crippen molar-refractivity contribution in [1.82, 2.24) is 5.01 Å². The minimum absolute atomic E-state index is 0.0000181. The van der Waals surface area contributed by atoms with Gasteiger partial charge in [-0.25, -0.2) is 5.01 Å². The van der Waals surface area contributed by atoms with Crippen LogP contribution in [0.25, 0.3) is 0 Å². The number of carbonyl (C=O) groups is 2. The number of thioether (sulfide) groups is 1. The van der Waals surface area contributed by atoms with Crippen molar-refractivity contribution in [2.75, 3.05) is 5.32 Å². The van der Waals surface area contributed by atoms with Gasteiger partial charge in [0.1, 0.15) is 5.25 Å². The minimum atomic E-state index is -0.609. The number of nitrogens with zero attached hydrogens (tertiary/aromatic N) is 3. The van der Waals surface area contributed by atoms with E-state index in [1.165, 1.54) is 17.3 Å². The molecule has 35 heavy (non-hydrogen) atoms. The lowest BCUT2D eigenvalue weighted by molar-refractivity contribution is -0.121. The number of hydrogen-bond acceptors (Lipinski definition) is 5. The molecule has 3 aromatic carbocycles. The van der Waals surface area contributed by atoms with E-state index < -0.39 is 5.25 Å². The Bertz CT molecular complexity index is 1320. The summed E-state index contributed by atoms with van der Waals surface area (Å²) in [6.07, 6.45) is 0.693. The number of anilines is 1. The van der Waals surface area contributed by atoms with Gasteiger partial charge in [-0.1, -0.05) is 95.7 Å². The van der Waals surface area contributed by atoms with Crippen LogP contribution in [-0.4, -0.2) is 33.0 Å². The fraction of sp³-hybridized carbons (Fsp3) is 0.185. The number of amidine groups is 1. The van der Waals surface area contributed by atoms with Gasteiger partial charge in [-0.15, -0.1) is 0 Å². The summed E-state index contributed by atoms with van der Waals surface area (Å²) in [5, 5.41) is 9.85. The first-order valence-electron chi connectivity index (χ1n) is 11.3. The van der Waals surface area contributed by atoms with Crippen LogP contribution in [0.3, 0.4) is 0 Å². The lowest BCUT2D eigenvalue weighted by atomic mass is 9.98. The van der Waals surface area contributed by atoms with Crippen molar-refractivity contribution in [3.8, 4) is 0 Å². The SMILES string of the molecule is Cc1ccc(C2CC(c3ccccc3)=NN2C2=NC(=O)C(CC(=O)Nc3ccccc3Cl)S2)cc1. The Hall–Kier alpha value is -3.42. The molecule has 2 amide bonds. The monoisotopic (exact) mass is 502 g/mol. The molecule has 6 nitrogen and oxygen atoms in total. The standard InChI is InChI=1S/C27H23ClN4O2S/c1-17-11-13-19(14-12-17)23-15-22(18-7-3-2-4-8-18)31-32(23)27-30-26(34)24(35-27)16-25(33)29-21-10-6-5-9-20(21)28/h2-14,23-24H,15-16H2,1H3,(H,29,33). The van der Waals surface area contributed by atoms with E-state index in [0.717, 1.165) is 16.8 Å². The molecule has 0 aliphatic carbocycles. The van der Waals surface area contributed by atoms with Gasteiger partial charge >= 0.3 is 0 Å². The van der Waals surface area contributed by atoms with E-state index in [0.29, 0.717) is 22.3 Å². The Balaban J connectivity index is 1.35. The number of aliphatic imine (C=N–C) groups is 1. The van der Waals surface area contributed by atoms with Gasteiger partial charge in [0, 0.05) is 12.8 Å². The van der Waals surface area contributed by atoms with Gasteiger partial charge in [0.2, 0.25) is 5.91 Å². The number of nitrogens with one attached hydrogen (secondary N) is 1. The molecule has 176 valence electrons. The van der Waals surface area contributed by atoms with Crippen LogP contribution < -0.4 is 5.32 Å². The summed E-state index contributed by atoms with van der Waals surface area (Å²) in [7, 11) is 0. The van der Waals surface area contributed by atoms with Crippen LogP contribution in [0.15, 0.2) is 89.0 Å². The molecule has 0 saturated heterocycles. The maximum atomic E-state index is 12.7. The summed E-state index contributed by atoms with van der Waals surface area (Å²) >= 11 is 7.42. The second-order valence-electron chi connectivity index (χ2n) is 8.46. The van der Waals surface area contributed by atoms with Crippen molar-refractivity contribution in [2.24, 2.45) is 10.1 Å². The van der Waals surface area contributed by atoms with E-state index in [-0.39, 0.29) is 24.3 Å². The predicted molar refractivity (Wildman–Crippen MR) is 142 cm³/mol. The van der Waals surface area contributed by atoms with Gasteiger partial charge in [-0.05, 0) is 30.2 Å². The Morgan fingerprint density at radius 3 is 2.51 bits per heavy atom. The highest BCUT2D eigenvalue weighted by Gasteiger charge is 2.39. The molecule has 3 aromatic rings. The number of carbonyl (C=O) groups excluding carboxylic acids is 2. The molecule has 5 rings (SSSR count). The summed E-state index contributed by atoms with van der Waals surface area (Å²) in [5.74, 6) is -0.615. The number of rotatable bonds is 5. The third-order valence-electron chi connectivity index (χ3n) is 5.92. The number of amides is 2. The second kappa shape index (κ2) is 10.1. The molecule has 0 saturated carbocycles. The van der Waals surface area contributed by atoms with E-state index in [1.54, 1.807) is 24.3 Å². The molecule has 0 aromatic heterocycles. The fourth-order valence-corrected chi connectivity index (χ4v) is 5.32. The molecule has 1 N–H and O–H groups in total. The zero-order chi connectivity index (χ0) is 24.4. The number of benzene rings is 3. The van der Waals surface area contributed by atoms with Gasteiger partial charge in [-0.2, -0.15) is 10.1 Å². The van der Waals surface area contributed by atoms with Gasteiger partial charge in [-0.3, -0.25) is 9.59 Å². The van der Waals surface area contributed by atoms with Gasteiger partial charge in [0.15, 0.2) is 5.17 Å². The third kappa shape index (κ3) is 5.16. The molecule has 2 aliphatic rings. The lowest BCUT2D eigenvalue weighted by Crippen LogP contribution is -2.25. The van der Waals surface area contributed by atoms with E-state index >= 15 is 0 Å². The van der Waals surface area contributed by atoms with E-state index in [4.69, 9.17) is 16.7 Å². The largest absolute Gasteiger partial charge is 0.325 e. The van der Waals surface area contributed by atoms with E-state index in [2.05, 4.69) is 41.5 Å². The van der Waals surface area contributed by atoms with Crippen molar-refractivity contribution >= 4 is 51.7 Å². The number of halogens is 1. The highest BCUT2D eigenvalue weighted by molar-refractivity contribution is 8.15. The molecule has 2 unspecified atom stereocenters.